The third-order valence-corrected chi connectivity index (χ3v) is 8.56. The highest BCUT2D eigenvalue weighted by Crippen LogP contribution is 2.43. The molecular formula is C36H38N4O7. The molecule has 1 aliphatic rings. The summed E-state index contributed by atoms with van der Waals surface area (Å²) in [5, 5.41) is 29.4. The average Bonchev–Trinajstić information content (AvgIpc) is 3.70. The Hall–Kier alpha value is -5.13. The van der Waals surface area contributed by atoms with Gasteiger partial charge in [-0.25, -0.2) is 4.79 Å². The summed E-state index contributed by atoms with van der Waals surface area (Å²) < 4.78 is 16.3. The van der Waals surface area contributed by atoms with Gasteiger partial charge in [0.2, 0.25) is 0 Å². The Bertz CT molecular complexity index is 1890. The van der Waals surface area contributed by atoms with Gasteiger partial charge in [-0.1, -0.05) is 61.5 Å². The van der Waals surface area contributed by atoms with E-state index in [0.29, 0.717) is 29.9 Å². The van der Waals surface area contributed by atoms with Gasteiger partial charge in [-0.3, -0.25) is 9.69 Å². The zero-order chi connectivity index (χ0) is 33.1. The van der Waals surface area contributed by atoms with Crippen LogP contribution in [0.1, 0.15) is 46.9 Å². The highest BCUT2D eigenvalue weighted by molar-refractivity contribution is 6.04. The Morgan fingerprint density at radius 3 is 2.51 bits per heavy atom. The first-order valence-electron chi connectivity index (χ1n) is 15.6. The number of nitrogens with zero attached hydrogens (tertiary/aromatic N) is 2. The lowest BCUT2D eigenvalue weighted by atomic mass is 9.93. The maximum absolute atomic E-state index is 14.0. The monoisotopic (exact) mass is 638 g/mol. The highest BCUT2D eigenvalue weighted by atomic mass is 16.5. The second-order valence-corrected chi connectivity index (χ2v) is 12.0. The number of morpholine rings is 1. The van der Waals surface area contributed by atoms with Crippen molar-refractivity contribution in [1.29, 1.82) is 0 Å². The number of nitrogens with one attached hydrogen (secondary N) is 2. The standard InChI is InChI=1S/C36H38N4O7/c1-21(2)26-17-27(31(42)18-30(26)41)34-32(23-10-8-22(9-11-23)20-40-12-14-46-15-13-40)33(39-47-34)35(43)38-29(36(44)45-3)16-24-19-37-28-7-5-4-6-25(24)28/h4-11,17-19,21,29,37,41-42H,12-16,20H2,1-3H3,(H,38,43)/t29-/m1/s1. The van der Waals surface area contributed by atoms with Crippen LogP contribution in [-0.2, 0) is 27.2 Å². The summed E-state index contributed by atoms with van der Waals surface area (Å²) in [6, 6.07) is 17.3. The Morgan fingerprint density at radius 2 is 1.79 bits per heavy atom. The quantitative estimate of drug-likeness (QED) is 0.148. The largest absolute Gasteiger partial charge is 0.508 e. The van der Waals surface area contributed by atoms with Crippen molar-refractivity contribution in [2.24, 2.45) is 0 Å². The molecule has 4 N–H and O–H groups in total. The third-order valence-electron chi connectivity index (χ3n) is 8.56. The maximum atomic E-state index is 14.0. The van der Waals surface area contributed by atoms with Crippen LogP contribution in [-0.4, -0.2) is 76.6 Å². The van der Waals surface area contributed by atoms with Gasteiger partial charge in [0.05, 0.1) is 31.5 Å². The number of benzene rings is 3. The molecule has 244 valence electrons. The normalized spacial score (nSPS) is 14.4. The molecule has 1 fully saturated rings. The second-order valence-electron chi connectivity index (χ2n) is 12.0. The molecule has 0 bridgehead atoms. The number of ether oxygens (including phenoxy) is 2. The molecule has 0 aliphatic carbocycles. The molecule has 1 atom stereocenters. The lowest BCUT2D eigenvalue weighted by Crippen LogP contribution is -2.43. The van der Waals surface area contributed by atoms with E-state index in [2.05, 4.69) is 20.4 Å². The SMILES string of the molecule is COC(=O)[C@@H](Cc1c[nH]c2ccccc12)NC(=O)c1noc(-c2cc(C(C)C)c(O)cc2O)c1-c1ccc(CN2CCOCC2)cc1. The van der Waals surface area contributed by atoms with Crippen molar-refractivity contribution < 1.29 is 33.8 Å². The number of para-hydroxylation sites is 1. The lowest BCUT2D eigenvalue weighted by Gasteiger charge is -2.26. The predicted octanol–water partition coefficient (Wildman–Crippen LogP) is 5.37. The van der Waals surface area contributed by atoms with Crippen molar-refractivity contribution in [3.63, 3.8) is 0 Å². The summed E-state index contributed by atoms with van der Waals surface area (Å²) in [4.78, 5) is 32.4. The highest BCUT2D eigenvalue weighted by Gasteiger charge is 2.31. The second kappa shape index (κ2) is 13.7. The number of aromatic nitrogens is 2. The Morgan fingerprint density at radius 1 is 1.04 bits per heavy atom. The third kappa shape index (κ3) is 6.72. The summed E-state index contributed by atoms with van der Waals surface area (Å²) in [5.74, 6) is -1.45. The number of fused-ring (bicyclic) bond motifs is 1. The minimum atomic E-state index is -1.02. The van der Waals surface area contributed by atoms with E-state index < -0.39 is 17.9 Å². The minimum Gasteiger partial charge on any atom is -0.508 e. The maximum Gasteiger partial charge on any atom is 0.328 e. The topological polar surface area (TPSA) is 150 Å². The van der Waals surface area contributed by atoms with E-state index >= 15 is 0 Å². The molecule has 0 saturated carbocycles. The number of hydrogen-bond acceptors (Lipinski definition) is 9. The molecule has 47 heavy (non-hydrogen) atoms. The number of amides is 1. The Kier molecular flexibility index (Phi) is 9.28. The summed E-state index contributed by atoms with van der Waals surface area (Å²) >= 11 is 0. The van der Waals surface area contributed by atoms with Crippen LogP contribution in [0, 0.1) is 0 Å². The van der Waals surface area contributed by atoms with Gasteiger partial charge in [0, 0.05) is 49.2 Å². The first-order chi connectivity index (χ1) is 22.7. The van der Waals surface area contributed by atoms with E-state index in [1.54, 1.807) is 6.07 Å². The number of methoxy groups -OCH3 is 1. The molecular weight excluding hydrogens is 600 g/mol. The molecule has 3 heterocycles. The number of hydrogen-bond donors (Lipinski definition) is 4. The van der Waals surface area contributed by atoms with Crippen LogP contribution in [0.2, 0.25) is 0 Å². The number of H-pyrrole nitrogens is 1. The zero-order valence-electron chi connectivity index (χ0n) is 26.6. The molecule has 2 aromatic heterocycles. The molecule has 11 heteroatoms. The lowest BCUT2D eigenvalue weighted by molar-refractivity contribution is -0.142. The number of esters is 1. The fourth-order valence-electron chi connectivity index (χ4n) is 6.01. The number of phenols is 2. The number of aromatic hydroxyl groups is 2. The smallest absolute Gasteiger partial charge is 0.328 e. The molecule has 1 saturated heterocycles. The van der Waals surface area contributed by atoms with Crippen LogP contribution in [0.4, 0.5) is 0 Å². The van der Waals surface area contributed by atoms with Gasteiger partial charge in [0.1, 0.15) is 17.5 Å². The van der Waals surface area contributed by atoms with Crippen LogP contribution in [0.25, 0.3) is 33.4 Å². The van der Waals surface area contributed by atoms with Crippen LogP contribution >= 0.6 is 0 Å². The van der Waals surface area contributed by atoms with Crippen molar-refractivity contribution in [3.8, 4) is 33.9 Å². The summed E-state index contributed by atoms with van der Waals surface area (Å²) in [7, 11) is 1.27. The summed E-state index contributed by atoms with van der Waals surface area (Å²) in [5.41, 5.74) is 4.60. The van der Waals surface area contributed by atoms with Crippen molar-refractivity contribution >= 4 is 22.8 Å². The van der Waals surface area contributed by atoms with Crippen molar-refractivity contribution in [2.75, 3.05) is 33.4 Å². The van der Waals surface area contributed by atoms with E-state index in [4.69, 9.17) is 14.0 Å². The molecule has 0 radical (unpaired) electrons. The van der Waals surface area contributed by atoms with Gasteiger partial charge in [-0.2, -0.15) is 0 Å². The van der Waals surface area contributed by atoms with Crippen LogP contribution in [0.3, 0.4) is 0 Å². The van der Waals surface area contributed by atoms with E-state index in [-0.39, 0.29) is 40.9 Å². The molecule has 6 rings (SSSR count). The van der Waals surface area contributed by atoms with E-state index in [0.717, 1.165) is 41.7 Å². The van der Waals surface area contributed by atoms with Crippen LogP contribution in [0.15, 0.2) is 71.4 Å². The zero-order valence-corrected chi connectivity index (χ0v) is 26.6. The first kappa shape index (κ1) is 31.8. The van der Waals surface area contributed by atoms with Gasteiger partial charge in [0.25, 0.3) is 5.91 Å². The summed E-state index contributed by atoms with van der Waals surface area (Å²) in [6.07, 6.45) is 1.99. The molecule has 0 unspecified atom stereocenters. The molecule has 5 aromatic rings. The van der Waals surface area contributed by atoms with Gasteiger partial charge in [-0.05, 0) is 40.3 Å². The van der Waals surface area contributed by atoms with E-state index in [1.807, 2.05) is 68.6 Å². The van der Waals surface area contributed by atoms with Crippen molar-refractivity contribution in [3.05, 3.63) is 89.2 Å². The minimum absolute atomic E-state index is 0.0500. The van der Waals surface area contributed by atoms with Gasteiger partial charge >= 0.3 is 5.97 Å². The molecule has 1 amide bonds. The molecule has 11 nitrogen and oxygen atoms in total. The van der Waals surface area contributed by atoms with Crippen LogP contribution < -0.4 is 5.32 Å². The number of rotatable bonds is 10. The van der Waals surface area contributed by atoms with Crippen LogP contribution in [0.5, 0.6) is 11.5 Å². The first-order valence-corrected chi connectivity index (χ1v) is 15.6. The van der Waals surface area contributed by atoms with Gasteiger partial charge < -0.3 is 34.5 Å². The Labute approximate surface area is 272 Å². The molecule has 1 aliphatic heterocycles. The van der Waals surface area contributed by atoms with Crippen molar-refractivity contribution in [1.82, 2.24) is 20.4 Å². The van der Waals surface area contributed by atoms with Gasteiger partial charge in [0.15, 0.2) is 11.5 Å². The Balaban J connectivity index is 1.38. The molecule has 0 spiro atoms. The number of carbonyl (C=O) groups is 2. The fourth-order valence-corrected chi connectivity index (χ4v) is 6.01. The predicted molar refractivity (Wildman–Crippen MR) is 176 cm³/mol. The van der Waals surface area contributed by atoms with Crippen molar-refractivity contribution in [2.45, 2.75) is 38.8 Å². The summed E-state index contributed by atoms with van der Waals surface area (Å²) in [6.45, 7) is 7.68. The fraction of sp³-hybridized carbons (Fsp3) is 0.306. The number of aromatic amines is 1. The average molecular weight is 639 g/mol. The van der Waals surface area contributed by atoms with E-state index in [1.165, 1.54) is 13.2 Å². The van der Waals surface area contributed by atoms with Gasteiger partial charge in [-0.15, -0.1) is 0 Å². The molecule has 3 aromatic carbocycles. The number of phenolic OH excluding ortho intramolecular Hbond substituents is 2. The number of carbonyl (C=O) groups excluding carboxylic acids is 2. The van der Waals surface area contributed by atoms with E-state index in [9.17, 15) is 19.8 Å².